The van der Waals surface area contributed by atoms with Crippen LogP contribution in [0, 0.1) is 5.92 Å². The molecule has 1 aliphatic rings. The Morgan fingerprint density at radius 2 is 1.76 bits per heavy atom. The summed E-state index contributed by atoms with van der Waals surface area (Å²) in [6.45, 7) is 1.10. The van der Waals surface area contributed by atoms with E-state index in [0.29, 0.717) is 19.0 Å². The SMILES string of the molecule is O=C(O)N1CCC(CCc2ccc(C(F)(F)F)cc2)CC1. The van der Waals surface area contributed by atoms with Crippen LogP contribution in [0.2, 0.25) is 0 Å². The predicted octanol–water partition coefficient (Wildman–Crippen LogP) is 4.03. The van der Waals surface area contributed by atoms with Crippen LogP contribution < -0.4 is 0 Å². The molecule has 0 spiro atoms. The molecule has 2 rings (SSSR count). The zero-order chi connectivity index (χ0) is 15.5. The van der Waals surface area contributed by atoms with Crippen molar-refractivity contribution in [2.45, 2.75) is 31.9 Å². The lowest BCUT2D eigenvalue weighted by atomic mass is 9.90. The van der Waals surface area contributed by atoms with Gasteiger partial charge >= 0.3 is 12.3 Å². The molecule has 21 heavy (non-hydrogen) atoms. The highest BCUT2D eigenvalue weighted by Gasteiger charge is 2.30. The Morgan fingerprint density at radius 3 is 2.24 bits per heavy atom. The van der Waals surface area contributed by atoms with E-state index in [4.69, 9.17) is 5.11 Å². The van der Waals surface area contributed by atoms with E-state index in [1.165, 1.54) is 17.0 Å². The molecule has 0 radical (unpaired) electrons. The smallest absolute Gasteiger partial charge is 0.416 e. The molecule has 1 fully saturated rings. The van der Waals surface area contributed by atoms with Gasteiger partial charge in [0.05, 0.1) is 5.56 Å². The molecule has 1 N–H and O–H groups in total. The Kier molecular flexibility index (Phi) is 4.75. The van der Waals surface area contributed by atoms with Gasteiger partial charge in [0.1, 0.15) is 0 Å². The number of likely N-dealkylation sites (tertiary alicyclic amines) is 1. The molecular formula is C15H18F3NO2. The first-order valence-corrected chi connectivity index (χ1v) is 7.00. The highest BCUT2D eigenvalue weighted by Crippen LogP contribution is 2.29. The summed E-state index contributed by atoms with van der Waals surface area (Å²) in [6, 6.07) is 5.27. The zero-order valence-electron chi connectivity index (χ0n) is 11.6. The standard InChI is InChI=1S/C15H18F3NO2/c16-15(17,18)13-5-3-11(4-6-13)1-2-12-7-9-19(10-8-12)14(20)21/h3-6,12H,1-2,7-10H2,(H,20,21). The molecule has 1 heterocycles. The van der Waals surface area contributed by atoms with Gasteiger partial charge < -0.3 is 10.0 Å². The molecule has 1 amide bonds. The minimum atomic E-state index is -4.29. The molecule has 0 saturated carbocycles. The second-order valence-electron chi connectivity index (χ2n) is 5.45. The maximum Gasteiger partial charge on any atom is 0.416 e. The fraction of sp³-hybridized carbons (Fsp3) is 0.533. The number of piperidine rings is 1. The highest BCUT2D eigenvalue weighted by atomic mass is 19.4. The van der Waals surface area contributed by atoms with E-state index in [1.807, 2.05) is 0 Å². The van der Waals surface area contributed by atoms with Gasteiger partial charge in [-0.2, -0.15) is 13.2 Å². The van der Waals surface area contributed by atoms with Gasteiger partial charge in [-0.15, -0.1) is 0 Å². The average Bonchev–Trinajstić information content (AvgIpc) is 2.45. The van der Waals surface area contributed by atoms with E-state index >= 15 is 0 Å². The summed E-state index contributed by atoms with van der Waals surface area (Å²) in [5.74, 6) is 0.447. The van der Waals surface area contributed by atoms with Gasteiger partial charge in [-0.25, -0.2) is 4.79 Å². The van der Waals surface area contributed by atoms with Gasteiger partial charge in [0, 0.05) is 13.1 Å². The third kappa shape index (κ3) is 4.37. The second-order valence-corrected chi connectivity index (χ2v) is 5.45. The van der Waals surface area contributed by atoms with Crippen LogP contribution in [0.1, 0.15) is 30.4 Å². The highest BCUT2D eigenvalue weighted by molar-refractivity contribution is 5.64. The first-order valence-electron chi connectivity index (χ1n) is 7.00. The maximum absolute atomic E-state index is 12.4. The van der Waals surface area contributed by atoms with Crippen molar-refractivity contribution in [1.82, 2.24) is 4.90 Å². The number of alkyl halides is 3. The quantitative estimate of drug-likeness (QED) is 0.915. The number of hydrogen-bond acceptors (Lipinski definition) is 1. The summed E-state index contributed by atoms with van der Waals surface area (Å²) in [6.07, 6.45) is -1.90. The molecule has 116 valence electrons. The van der Waals surface area contributed by atoms with Crippen LogP contribution in [0.4, 0.5) is 18.0 Å². The minimum Gasteiger partial charge on any atom is -0.465 e. The molecule has 1 aromatic carbocycles. The average molecular weight is 301 g/mol. The number of aryl methyl sites for hydroxylation is 1. The third-order valence-electron chi connectivity index (χ3n) is 4.01. The molecular weight excluding hydrogens is 283 g/mol. The summed E-state index contributed by atoms with van der Waals surface area (Å²) in [4.78, 5) is 12.2. The summed E-state index contributed by atoms with van der Waals surface area (Å²) >= 11 is 0. The molecule has 0 atom stereocenters. The van der Waals surface area contributed by atoms with Gasteiger partial charge in [0.15, 0.2) is 0 Å². The predicted molar refractivity (Wildman–Crippen MR) is 72.1 cm³/mol. The number of carboxylic acid groups (broad SMARTS) is 1. The number of halogens is 3. The van der Waals surface area contributed by atoms with Crippen LogP contribution in [0.25, 0.3) is 0 Å². The Bertz CT molecular complexity index is 477. The molecule has 6 heteroatoms. The number of nitrogens with zero attached hydrogens (tertiary/aromatic N) is 1. The van der Waals surface area contributed by atoms with Crippen molar-refractivity contribution in [1.29, 1.82) is 0 Å². The van der Waals surface area contributed by atoms with Crippen molar-refractivity contribution in [3.8, 4) is 0 Å². The Balaban J connectivity index is 1.80. The maximum atomic E-state index is 12.4. The van der Waals surface area contributed by atoms with Crippen molar-refractivity contribution < 1.29 is 23.1 Å². The molecule has 1 saturated heterocycles. The van der Waals surface area contributed by atoms with Crippen LogP contribution in [0.15, 0.2) is 24.3 Å². The largest absolute Gasteiger partial charge is 0.465 e. The van der Waals surface area contributed by atoms with Gasteiger partial charge in [-0.1, -0.05) is 12.1 Å². The van der Waals surface area contributed by atoms with Crippen LogP contribution in [0.5, 0.6) is 0 Å². The Morgan fingerprint density at radius 1 is 1.19 bits per heavy atom. The fourth-order valence-corrected chi connectivity index (χ4v) is 2.64. The molecule has 0 aromatic heterocycles. The minimum absolute atomic E-state index is 0.447. The van der Waals surface area contributed by atoms with Crippen molar-refractivity contribution in [2.24, 2.45) is 5.92 Å². The van der Waals surface area contributed by atoms with Crippen LogP contribution in [0.3, 0.4) is 0 Å². The van der Waals surface area contributed by atoms with Crippen molar-refractivity contribution in [3.05, 3.63) is 35.4 Å². The van der Waals surface area contributed by atoms with Gasteiger partial charge in [0.2, 0.25) is 0 Å². The van der Waals surface area contributed by atoms with E-state index < -0.39 is 17.8 Å². The lowest BCUT2D eigenvalue weighted by Crippen LogP contribution is -2.37. The number of benzene rings is 1. The van der Waals surface area contributed by atoms with E-state index in [0.717, 1.165) is 43.4 Å². The molecule has 3 nitrogen and oxygen atoms in total. The van der Waals surface area contributed by atoms with Gasteiger partial charge in [-0.3, -0.25) is 0 Å². The van der Waals surface area contributed by atoms with Crippen LogP contribution in [-0.4, -0.2) is 29.2 Å². The molecule has 0 unspecified atom stereocenters. The van der Waals surface area contributed by atoms with E-state index in [-0.39, 0.29) is 0 Å². The number of hydrogen-bond donors (Lipinski definition) is 1. The zero-order valence-corrected chi connectivity index (χ0v) is 11.6. The molecule has 1 aliphatic heterocycles. The van der Waals surface area contributed by atoms with Gasteiger partial charge in [-0.05, 0) is 49.3 Å². The first-order chi connectivity index (χ1) is 9.86. The lowest BCUT2D eigenvalue weighted by molar-refractivity contribution is -0.137. The summed E-state index contributed by atoms with van der Waals surface area (Å²) in [5.41, 5.74) is 0.268. The topological polar surface area (TPSA) is 40.5 Å². The van der Waals surface area contributed by atoms with Crippen molar-refractivity contribution in [2.75, 3.05) is 13.1 Å². The van der Waals surface area contributed by atoms with Crippen LogP contribution >= 0.6 is 0 Å². The molecule has 1 aromatic rings. The summed E-state index contributed by atoms with van der Waals surface area (Å²) in [5, 5.41) is 8.86. The monoisotopic (exact) mass is 301 g/mol. The van der Waals surface area contributed by atoms with Gasteiger partial charge in [0.25, 0.3) is 0 Å². The first kappa shape index (κ1) is 15.7. The normalized spacial score (nSPS) is 17.0. The number of rotatable bonds is 3. The summed E-state index contributed by atoms with van der Waals surface area (Å²) in [7, 11) is 0. The number of amides is 1. The Hall–Kier alpha value is -1.72. The lowest BCUT2D eigenvalue weighted by Gasteiger charge is -2.29. The van der Waals surface area contributed by atoms with Crippen LogP contribution in [-0.2, 0) is 12.6 Å². The van der Waals surface area contributed by atoms with E-state index in [2.05, 4.69) is 0 Å². The Labute approximate surface area is 121 Å². The number of carbonyl (C=O) groups is 1. The third-order valence-corrected chi connectivity index (χ3v) is 4.01. The van der Waals surface area contributed by atoms with E-state index in [1.54, 1.807) is 0 Å². The van der Waals surface area contributed by atoms with Crippen molar-refractivity contribution in [3.63, 3.8) is 0 Å². The van der Waals surface area contributed by atoms with E-state index in [9.17, 15) is 18.0 Å². The fourth-order valence-electron chi connectivity index (χ4n) is 2.64. The second kappa shape index (κ2) is 6.37. The molecule has 0 bridgehead atoms. The molecule has 0 aliphatic carbocycles. The summed E-state index contributed by atoms with van der Waals surface area (Å²) < 4.78 is 37.3. The van der Waals surface area contributed by atoms with Crippen molar-refractivity contribution >= 4 is 6.09 Å².